The summed E-state index contributed by atoms with van der Waals surface area (Å²) in [5.74, 6) is -0.342. The molecule has 3 N–H and O–H groups in total. The number of amides is 1. The lowest BCUT2D eigenvalue weighted by Crippen LogP contribution is -2.18. The Labute approximate surface area is 177 Å². The number of hydrogen-bond donors (Lipinski definition) is 2. The van der Waals surface area contributed by atoms with Crippen molar-refractivity contribution in [1.29, 1.82) is 0 Å². The van der Waals surface area contributed by atoms with Crippen LogP contribution in [-0.4, -0.2) is 28.9 Å². The molecule has 0 bridgehead atoms. The number of anilines is 1. The predicted molar refractivity (Wildman–Crippen MR) is 114 cm³/mol. The molecule has 0 radical (unpaired) electrons. The summed E-state index contributed by atoms with van der Waals surface area (Å²) in [5.41, 5.74) is 2.32. The molecule has 0 aliphatic carbocycles. The van der Waals surface area contributed by atoms with Crippen LogP contribution in [0.1, 0.15) is 5.56 Å². The normalized spacial score (nSPS) is 11.5. The van der Waals surface area contributed by atoms with Crippen molar-refractivity contribution < 1.29 is 13.2 Å². The molecule has 0 saturated heterocycles. The van der Waals surface area contributed by atoms with Crippen molar-refractivity contribution in [3.8, 4) is 5.69 Å². The minimum Gasteiger partial charge on any atom is -0.326 e. The molecule has 10 heteroatoms. The second-order valence-corrected chi connectivity index (χ2v) is 8.44. The van der Waals surface area contributed by atoms with Gasteiger partial charge in [-0.1, -0.05) is 29.8 Å². The first-order chi connectivity index (χ1) is 14.3. The number of rotatable bonds is 5. The van der Waals surface area contributed by atoms with Gasteiger partial charge in [0.15, 0.2) is 5.65 Å². The summed E-state index contributed by atoms with van der Waals surface area (Å²) in [5, 5.41) is 8.60. The third-order valence-corrected chi connectivity index (χ3v) is 5.73. The molecule has 30 heavy (non-hydrogen) atoms. The zero-order chi connectivity index (χ0) is 21.3. The topological polar surface area (TPSA) is 120 Å². The monoisotopic (exact) mass is 441 g/mol. The molecular weight excluding hydrogens is 426 g/mol. The molecule has 4 aromatic rings. The second-order valence-electron chi connectivity index (χ2n) is 6.50. The molecule has 0 saturated carbocycles. The lowest BCUT2D eigenvalue weighted by Gasteiger charge is -2.12. The Morgan fingerprint density at radius 2 is 1.90 bits per heavy atom. The van der Waals surface area contributed by atoms with Crippen LogP contribution in [0.3, 0.4) is 0 Å². The van der Waals surface area contributed by atoms with Crippen LogP contribution in [0.15, 0.2) is 72.0 Å². The fraction of sp³-hybridized carbons (Fsp3) is 0.0500. The summed E-state index contributed by atoms with van der Waals surface area (Å²) in [4.78, 5) is 20.7. The highest BCUT2D eigenvalue weighted by Gasteiger charge is 2.19. The van der Waals surface area contributed by atoms with Gasteiger partial charge in [-0.05, 0) is 42.0 Å². The number of aromatic nitrogens is 3. The van der Waals surface area contributed by atoms with Gasteiger partial charge in [-0.3, -0.25) is 9.36 Å². The van der Waals surface area contributed by atoms with E-state index >= 15 is 0 Å². The quantitative estimate of drug-likeness (QED) is 0.493. The molecule has 2 aromatic carbocycles. The van der Waals surface area contributed by atoms with Crippen LogP contribution >= 0.6 is 11.6 Å². The van der Waals surface area contributed by atoms with Crippen LogP contribution in [0.2, 0.25) is 5.02 Å². The molecule has 8 nitrogen and oxygen atoms in total. The number of primary sulfonamides is 1. The third-order valence-electron chi connectivity index (χ3n) is 4.43. The number of hydrogen-bond acceptors (Lipinski definition) is 5. The number of carbonyl (C=O) groups is 1. The highest BCUT2D eigenvalue weighted by Crippen LogP contribution is 2.26. The van der Waals surface area contributed by atoms with E-state index in [4.69, 9.17) is 16.7 Å². The molecule has 0 spiro atoms. The summed E-state index contributed by atoms with van der Waals surface area (Å²) in [6.45, 7) is 0. The van der Waals surface area contributed by atoms with E-state index in [-0.39, 0.29) is 28.6 Å². The van der Waals surface area contributed by atoms with E-state index in [1.165, 1.54) is 17.0 Å². The van der Waals surface area contributed by atoms with Crippen LogP contribution in [0.4, 0.5) is 5.69 Å². The zero-order valence-corrected chi connectivity index (χ0v) is 17.1. The summed E-state index contributed by atoms with van der Waals surface area (Å²) < 4.78 is 26.0. The number of pyridine rings is 1. The van der Waals surface area contributed by atoms with Gasteiger partial charge in [0.2, 0.25) is 15.9 Å². The van der Waals surface area contributed by atoms with E-state index in [9.17, 15) is 13.2 Å². The van der Waals surface area contributed by atoms with Crippen LogP contribution in [-0.2, 0) is 21.2 Å². The van der Waals surface area contributed by atoms with Crippen molar-refractivity contribution in [1.82, 2.24) is 14.5 Å². The Hall–Kier alpha value is -3.27. The van der Waals surface area contributed by atoms with Crippen LogP contribution in [0.25, 0.3) is 16.9 Å². The minimum atomic E-state index is -4.10. The number of fused-ring (bicyclic) bond motifs is 1. The standard InChI is InChI=1S/C20H16ClN5O3S/c21-15-5-2-1-4-13(15)10-19(27)25-14-7-8-17(18(11-14)30(22,28)29)26-12-24-16-6-3-9-23-20(16)26/h1-9,11-12H,10H2,(H,25,27)(H2,22,28,29). The number of nitrogens with two attached hydrogens (primary N) is 1. The Morgan fingerprint density at radius 3 is 2.67 bits per heavy atom. The first-order valence-corrected chi connectivity index (χ1v) is 10.7. The Morgan fingerprint density at radius 1 is 1.10 bits per heavy atom. The van der Waals surface area contributed by atoms with Gasteiger partial charge in [0.1, 0.15) is 16.7 Å². The highest BCUT2D eigenvalue weighted by molar-refractivity contribution is 7.89. The minimum absolute atomic E-state index is 0.0439. The van der Waals surface area contributed by atoms with E-state index in [1.807, 2.05) is 0 Å². The molecule has 0 fully saturated rings. The molecule has 0 atom stereocenters. The molecule has 0 unspecified atom stereocenters. The Balaban J connectivity index is 1.69. The molecule has 2 aromatic heterocycles. The third kappa shape index (κ3) is 4.04. The van der Waals surface area contributed by atoms with Gasteiger partial charge in [0, 0.05) is 16.9 Å². The maximum Gasteiger partial charge on any atom is 0.240 e. The van der Waals surface area contributed by atoms with Gasteiger partial charge < -0.3 is 5.32 Å². The van der Waals surface area contributed by atoms with Crippen molar-refractivity contribution in [3.63, 3.8) is 0 Å². The summed E-state index contributed by atoms with van der Waals surface area (Å²) in [6.07, 6.45) is 3.10. The van der Waals surface area contributed by atoms with Gasteiger partial charge in [0.05, 0.1) is 12.1 Å². The maximum atomic E-state index is 12.4. The molecule has 0 aliphatic rings. The molecule has 0 aliphatic heterocycles. The van der Waals surface area contributed by atoms with Crippen molar-refractivity contribution in [3.05, 3.63) is 77.7 Å². The van der Waals surface area contributed by atoms with Gasteiger partial charge in [-0.15, -0.1) is 0 Å². The first kappa shape index (κ1) is 20.0. The smallest absolute Gasteiger partial charge is 0.240 e. The van der Waals surface area contributed by atoms with Crippen LogP contribution < -0.4 is 10.5 Å². The van der Waals surface area contributed by atoms with E-state index in [1.54, 1.807) is 54.7 Å². The van der Waals surface area contributed by atoms with E-state index in [0.717, 1.165) is 0 Å². The number of nitrogens with zero attached hydrogens (tertiary/aromatic N) is 3. The van der Waals surface area contributed by atoms with Gasteiger partial charge in [-0.25, -0.2) is 23.5 Å². The van der Waals surface area contributed by atoms with Crippen molar-refractivity contribution >= 4 is 44.4 Å². The summed E-state index contributed by atoms with van der Waals surface area (Å²) in [7, 11) is -4.10. The molecule has 2 heterocycles. The maximum absolute atomic E-state index is 12.4. The molecular formula is C20H16ClN5O3S. The highest BCUT2D eigenvalue weighted by atomic mass is 35.5. The van der Waals surface area contributed by atoms with Crippen molar-refractivity contribution in [2.24, 2.45) is 5.14 Å². The number of benzene rings is 2. The van der Waals surface area contributed by atoms with E-state index < -0.39 is 10.0 Å². The van der Waals surface area contributed by atoms with Gasteiger partial charge in [-0.2, -0.15) is 0 Å². The Kier molecular flexibility index (Phi) is 5.25. The summed E-state index contributed by atoms with van der Waals surface area (Å²) in [6, 6.07) is 14.9. The van der Waals surface area contributed by atoms with Gasteiger partial charge in [0.25, 0.3) is 0 Å². The second kappa shape index (κ2) is 7.86. The summed E-state index contributed by atoms with van der Waals surface area (Å²) >= 11 is 6.09. The number of sulfonamides is 1. The number of halogens is 1. The van der Waals surface area contributed by atoms with Crippen LogP contribution in [0.5, 0.6) is 0 Å². The number of carbonyl (C=O) groups excluding carboxylic acids is 1. The van der Waals surface area contributed by atoms with Crippen molar-refractivity contribution in [2.75, 3.05) is 5.32 Å². The van der Waals surface area contributed by atoms with E-state index in [0.29, 0.717) is 21.7 Å². The Bertz CT molecular complexity index is 1370. The number of nitrogens with one attached hydrogen (secondary N) is 1. The molecule has 1 amide bonds. The number of imidazole rings is 1. The molecule has 152 valence electrons. The van der Waals surface area contributed by atoms with Crippen molar-refractivity contribution in [2.45, 2.75) is 11.3 Å². The zero-order valence-electron chi connectivity index (χ0n) is 15.5. The largest absolute Gasteiger partial charge is 0.326 e. The van der Waals surface area contributed by atoms with Gasteiger partial charge >= 0.3 is 0 Å². The lowest BCUT2D eigenvalue weighted by atomic mass is 10.1. The average molecular weight is 442 g/mol. The lowest BCUT2D eigenvalue weighted by molar-refractivity contribution is -0.115. The fourth-order valence-corrected chi connectivity index (χ4v) is 4.02. The average Bonchev–Trinajstić information content (AvgIpc) is 3.13. The SMILES string of the molecule is NS(=O)(=O)c1cc(NC(=O)Cc2ccccc2Cl)ccc1-n1cnc2cccnc21. The predicted octanol–water partition coefficient (Wildman–Crippen LogP) is 2.90. The van der Waals surface area contributed by atoms with Crippen LogP contribution in [0, 0.1) is 0 Å². The fourth-order valence-electron chi connectivity index (χ4n) is 3.06. The first-order valence-electron chi connectivity index (χ1n) is 8.81. The van der Waals surface area contributed by atoms with E-state index in [2.05, 4.69) is 15.3 Å². The molecule has 4 rings (SSSR count).